The average Bonchev–Trinajstić information content (AvgIpc) is 3.12. The summed E-state index contributed by atoms with van der Waals surface area (Å²) in [5.41, 5.74) is 2.15. The number of hydrogen-bond acceptors (Lipinski definition) is 2. The van der Waals surface area contributed by atoms with Gasteiger partial charge in [0, 0.05) is 19.0 Å². The fraction of sp³-hybridized carbons (Fsp3) is 0.500. The zero-order valence-corrected chi connectivity index (χ0v) is 11.4. The molecule has 0 amide bonds. The summed E-state index contributed by atoms with van der Waals surface area (Å²) in [5.74, 6) is 1.17. The molecule has 1 aromatic heterocycles. The number of nitrogens with one attached hydrogen (secondary N) is 1. The second kappa shape index (κ2) is 4.90. The summed E-state index contributed by atoms with van der Waals surface area (Å²) in [7, 11) is 0. The van der Waals surface area contributed by atoms with E-state index in [2.05, 4.69) is 22.9 Å². The molecule has 96 valence electrons. The van der Waals surface area contributed by atoms with Crippen molar-refractivity contribution < 1.29 is 0 Å². The summed E-state index contributed by atoms with van der Waals surface area (Å²) in [6, 6.07) is 6.60. The van der Waals surface area contributed by atoms with Crippen LogP contribution in [0.1, 0.15) is 31.6 Å². The number of likely N-dealkylation sites (N-methyl/N-ethyl adjacent to an activating group) is 1. The molecule has 2 aromatic rings. The number of para-hydroxylation sites is 1. The normalized spacial score (nSPS) is 15.4. The highest BCUT2D eigenvalue weighted by molar-refractivity contribution is 6.35. The quantitative estimate of drug-likeness (QED) is 0.840. The van der Waals surface area contributed by atoms with E-state index in [1.165, 1.54) is 18.7 Å². The van der Waals surface area contributed by atoms with E-state index in [1.54, 1.807) is 0 Å². The Morgan fingerprint density at radius 3 is 3.00 bits per heavy atom. The van der Waals surface area contributed by atoms with Gasteiger partial charge in [0.2, 0.25) is 0 Å². The predicted octanol–water partition coefficient (Wildman–Crippen LogP) is 3.18. The molecule has 0 atom stereocenters. The van der Waals surface area contributed by atoms with Crippen LogP contribution in [0.2, 0.25) is 5.02 Å². The van der Waals surface area contributed by atoms with Crippen LogP contribution in [0.25, 0.3) is 11.0 Å². The maximum Gasteiger partial charge on any atom is 0.111 e. The minimum atomic E-state index is 0.617. The SMILES string of the molecule is CCNCCc1nc2cccc(Cl)c2n1C1CC1. The van der Waals surface area contributed by atoms with E-state index in [4.69, 9.17) is 16.6 Å². The smallest absolute Gasteiger partial charge is 0.111 e. The number of fused-ring (bicyclic) bond motifs is 1. The summed E-state index contributed by atoms with van der Waals surface area (Å²) in [4.78, 5) is 4.75. The third-order valence-electron chi connectivity index (χ3n) is 3.42. The van der Waals surface area contributed by atoms with Crippen LogP contribution in [0.5, 0.6) is 0 Å². The lowest BCUT2D eigenvalue weighted by Gasteiger charge is -2.08. The Morgan fingerprint density at radius 1 is 1.44 bits per heavy atom. The summed E-state index contributed by atoms with van der Waals surface area (Å²) in [6.07, 6.45) is 3.48. The van der Waals surface area contributed by atoms with Gasteiger partial charge in [-0.1, -0.05) is 24.6 Å². The molecular weight excluding hydrogens is 246 g/mol. The van der Waals surface area contributed by atoms with Gasteiger partial charge in [-0.2, -0.15) is 0 Å². The number of imidazole rings is 1. The van der Waals surface area contributed by atoms with Gasteiger partial charge in [-0.3, -0.25) is 0 Å². The van der Waals surface area contributed by atoms with Crippen molar-refractivity contribution in [2.75, 3.05) is 13.1 Å². The van der Waals surface area contributed by atoms with Gasteiger partial charge in [0.25, 0.3) is 0 Å². The van der Waals surface area contributed by atoms with E-state index >= 15 is 0 Å². The topological polar surface area (TPSA) is 29.9 Å². The zero-order chi connectivity index (χ0) is 12.5. The van der Waals surface area contributed by atoms with Crippen molar-refractivity contribution in [2.24, 2.45) is 0 Å². The average molecular weight is 264 g/mol. The van der Waals surface area contributed by atoms with Gasteiger partial charge in [-0.05, 0) is 31.5 Å². The van der Waals surface area contributed by atoms with Gasteiger partial charge in [0.1, 0.15) is 5.82 Å². The third-order valence-corrected chi connectivity index (χ3v) is 3.73. The molecule has 4 heteroatoms. The number of halogens is 1. The first-order valence-electron chi connectivity index (χ1n) is 6.67. The van der Waals surface area contributed by atoms with Crippen molar-refractivity contribution in [2.45, 2.75) is 32.2 Å². The van der Waals surface area contributed by atoms with Crippen molar-refractivity contribution in [3.05, 3.63) is 29.0 Å². The van der Waals surface area contributed by atoms with Crippen LogP contribution in [0, 0.1) is 0 Å². The van der Waals surface area contributed by atoms with E-state index in [1.807, 2.05) is 12.1 Å². The summed E-state index contributed by atoms with van der Waals surface area (Å²) < 4.78 is 2.36. The molecule has 1 fully saturated rings. The molecule has 1 heterocycles. The minimum Gasteiger partial charge on any atom is -0.324 e. The molecular formula is C14H18ClN3. The van der Waals surface area contributed by atoms with Crippen molar-refractivity contribution in [3.63, 3.8) is 0 Å². The Morgan fingerprint density at radius 2 is 2.28 bits per heavy atom. The maximum absolute atomic E-state index is 6.33. The minimum absolute atomic E-state index is 0.617. The molecule has 1 saturated carbocycles. The number of nitrogens with zero attached hydrogens (tertiary/aromatic N) is 2. The molecule has 0 spiro atoms. The molecule has 3 nitrogen and oxygen atoms in total. The molecule has 1 aromatic carbocycles. The van der Waals surface area contributed by atoms with Crippen LogP contribution in [-0.2, 0) is 6.42 Å². The highest BCUT2D eigenvalue weighted by atomic mass is 35.5. The fourth-order valence-electron chi connectivity index (χ4n) is 2.43. The molecule has 18 heavy (non-hydrogen) atoms. The van der Waals surface area contributed by atoms with Crippen LogP contribution < -0.4 is 5.32 Å². The first-order chi connectivity index (χ1) is 8.81. The Bertz CT molecular complexity index is 557. The van der Waals surface area contributed by atoms with Crippen LogP contribution in [0.4, 0.5) is 0 Å². The Hall–Kier alpha value is -1.06. The monoisotopic (exact) mass is 263 g/mol. The van der Waals surface area contributed by atoms with Gasteiger partial charge in [0.15, 0.2) is 0 Å². The van der Waals surface area contributed by atoms with Crippen molar-refractivity contribution in [3.8, 4) is 0 Å². The number of hydrogen-bond donors (Lipinski definition) is 1. The lowest BCUT2D eigenvalue weighted by molar-refractivity contribution is 0.648. The molecule has 0 unspecified atom stereocenters. The molecule has 0 aliphatic heterocycles. The first kappa shape index (κ1) is 12.0. The van der Waals surface area contributed by atoms with Gasteiger partial charge in [-0.15, -0.1) is 0 Å². The van der Waals surface area contributed by atoms with E-state index in [9.17, 15) is 0 Å². The first-order valence-corrected chi connectivity index (χ1v) is 7.05. The second-order valence-electron chi connectivity index (χ2n) is 4.84. The van der Waals surface area contributed by atoms with Crippen molar-refractivity contribution in [1.82, 2.24) is 14.9 Å². The molecule has 0 radical (unpaired) electrons. The van der Waals surface area contributed by atoms with E-state index in [-0.39, 0.29) is 0 Å². The van der Waals surface area contributed by atoms with Gasteiger partial charge in [0.05, 0.1) is 16.1 Å². The lowest BCUT2D eigenvalue weighted by atomic mass is 10.3. The van der Waals surface area contributed by atoms with Crippen LogP contribution in [-0.4, -0.2) is 22.6 Å². The third kappa shape index (κ3) is 2.13. The zero-order valence-electron chi connectivity index (χ0n) is 10.6. The standard InChI is InChI=1S/C14H18ClN3/c1-2-16-9-8-13-17-12-5-3-4-11(15)14(12)18(13)10-6-7-10/h3-5,10,16H,2,6-9H2,1H3. The highest BCUT2D eigenvalue weighted by Crippen LogP contribution is 2.40. The summed E-state index contributed by atoms with van der Waals surface area (Å²) >= 11 is 6.33. The summed E-state index contributed by atoms with van der Waals surface area (Å²) in [5, 5.41) is 4.18. The molecule has 1 aliphatic carbocycles. The second-order valence-corrected chi connectivity index (χ2v) is 5.25. The predicted molar refractivity (Wildman–Crippen MR) is 75.3 cm³/mol. The lowest BCUT2D eigenvalue weighted by Crippen LogP contribution is -2.18. The van der Waals surface area contributed by atoms with Crippen molar-refractivity contribution in [1.29, 1.82) is 0 Å². The Balaban J connectivity index is 2.01. The molecule has 0 saturated heterocycles. The molecule has 1 aliphatic rings. The Kier molecular flexibility index (Phi) is 3.27. The van der Waals surface area contributed by atoms with Crippen LogP contribution in [0.3, 0.4) is 0 Å². The van der Waals surface area contributed by atoms with Gasteiger partial charge >= 0.3 is 0 Å². The number of rotatable bonds is 5. The van der Waals surface area contributed by atoms with Crippen LogP contribution >= 0.6 is 11.6 Å². The molecule has 3 rings (SSSR count). The largest absolute Gasteiger partial charge is 0.324 e. The highest BCUT2D eigenvalue weighted by Gasteiger charge is 2.28. The number of benzene rings is 1. The summed E-state index contributed by atoms with van der Waals surface area (Å²) in [6.45, 7) is 4.11. The Labute approximate surface area is 112 Å². The van der Waals surface area contributed by atoms with Gasteiger partial charge < -0.3 is 9.88 Å². The van der Waals surface area contributed by atoms with Gasteiger partial charge in [-0.25, -0.2) is 4.98 Å². The number of aromatic nitrogens is 2. The van der Waals surface area contributed by atoms with E-state index in [0.717, 1.165) is 35.6 Å². The van der Waals surface area contributed by atoms with E-state index < -0.39 is 0 Å². The maximum atomic E-state index is 6.33. The fourth-order valence-corrected chi connectivity index (χ4v) is 2.69. The van der Waals surface area contributed by atoms with Crippen molar-refractivity contribution >= 4 is 22.6 Å². The molecule has 1 N–H and O–H groups in total. The molecule has 0 bridgehead atoms. The van der Waals surface area contributed by atoms with Crippen LogP contribution in [0.15, 0.2) is 18.2 Å². The van der Waals surface area contributed by atoms with E-state index in [0.29, 0.717) is 6.04 Å².